The number of aromatic nitrogens is 2. The Morgan fingerprint density at radius 1 is 1.21 bits per heavy atom. The van der Waals surface area contributed by atoms with Gasteiger partial charge in [-0.05, 0) is 48.2 Å². The number of hydrogen-bond donors (Lipinski definition) is 1. The van der Waals surface area contributed by atoms with E-state index in [1.807, 2.05) is 31.4 Å². The summed E-state index contributed by atoms with van der Waals surface area (Å²) < 4.78 is 20.6. The maximum Gasteiger partial charge on any atom is 0.238 e. The van der Waals surface area contributed by atoms with Gasteiger partial charge in [-0.25, -0.2) is 0 Å². The van der Waals surface area contributed by atoms with E-state index < -0.39 is 11.4 Å². The maximum absolute atomic E-state index is 12.5. The average Bonchev–Trinajstić information content (AvgIpc) is 3.07. The van der Waals surface area contributed by atoms with Crippen LogP contribution < -0.4 is 9.62 Å². The molecule has 3 aromatic rings. The molecule has 0 bridgehead atoms. The number of fused-ring (bicyclic) bond motifs is 1. The summed E-state index contributed by atoms with van der Waals surface area (Å²) >= 11 is -1.41. The zero-order valence-electron chi connectivity index (χ0n) is 16.6. The Kier molecular flexibility index (Phi) is 5.40. The van der Waals surface area contributed by atoms with E-state index in [1.54, 1.807) is 24.9 Å². The van der Waals surface area contributed by atoms with Crippen molar-refractivity contribution in [1.29, 1.82) is 0 Å². The number of amides is 1. The number of carbonyl (C=O) groups excluding carboxylic acids is 1. The van der Waals surface area contributed by atoms with Crippen LogP contribution in [-0.4, -0.2) is 27.6 Å². The first-order valence-corrected chi connectivity index (χ1v) is 10.5. The maximum atomic E-state index is 12.5. The standard InChI is InChI=1S/C21H22N4O3S/c1-13-21(14(2)28-24-13)29(27)23-11-15-8-18(12-22-10-15)16-4-6-19-17(9-16)5-7-20(26)25(19)3/h4,6,8-10,12,23H,5,7,11H2,1-3H3. The highest BCUT2D eigenvalue weighted by Gasteiger charge is 2.23. The highest BCUT2D eigenvalue weighted by atomic mass is 32.2. The van der Waals surface area contributed by atoms with Crippen molar-refractivity contribution in [3.63, 3.8) is 0 Å². The monoisotopic (exact) mass is 410 g/mol. The second-order valence-corrected chi connectivity index (χ2v) is 8.36. The van der Waals surface area contributed by atoms with Gasteiger partial charge in [-0.3, -0.25) is 9.78 Å². The Labute approximate surface area is 172 Å². The van der Waals surface area contributed by atoms with E-state index in [0.29, 0.717) is 29.3 Å². The molecule has 0 aliphatic carbocycles. The number of carbonyl (C=O) groups is 1. The Morgan fingerprint density at radius 3 is 2.79 bits per heavy atom. The van der Waals surface area contributed by atoms with Gasteiger partial charge in [0.15, 0.2) is 5.76 Å². The van der Waals surface area contributed by atoms with E-state index in [1.165, 1.54) is 0 Å². The minimum absolute atomic E-state index is 0.145. The van der Waals surface area contributed by atoms with Crippen LogP contribution in [0.25, 0.3) is 11.1 Å². The largest absolute Gasteiger partial charge is 0.593 e. The molecule has 8 heteroatoms. The molecule has 1 aliphatic heterocycles. The minimum Gasteiger partial charge on any atom is -0.593 e. The fourth-order valence-corrected chi connectivity index (χ4v) is 4.58. The highest BCUT2D eigenvalue weighted by Crippen LogP contribution is 2.31. The highest BCUT2D eigenvalue weighted by molar-refractivity contribution is 7.89. The zero-order chi connectivity index (χ0) is 20.5. The first-order valence-electron chi connectivity index (χ1n) is 9.36. The molecule has 4 rings (SSSR count). The van der Waals surface area contributed by atoms with Crippen LogP contribution in [0.5, 0.6) is 0 Å². The summed E-state index contributed by atoms with van der Waals surface area (Å²) in [6.45, 7) is 3.92. The van der Waals surface area contributed by atoms with Crippen molar-refractivity contribution in [1.82, 2.24) is 14.9 Å². The Hall–Kier alpha value is -2.68. The Balaban J connectivity index is 1.51. The van der Waals surface area contributed by atoms with E-state index >= 15 is 0 Å². The van der Waals surface area contributed by atoms with Gasteiger partial charge in [0.1, 0.15) is 5.69 Å². The summed E-state index contributed by atoms with van der Waals surface area (Å²) in [6.07, 6.45) is 4.85. The van der Waals surface area contributed by atoms with E-state index in [0.717, 1.165) is 34.4 Å². The lowest BCUT2D eigenvalue weighted by Crippen LogP contribution is -2.30. The molecular formula is C21H22N4O3S. The number of anilines is 1. The lowest BCUT2D eigenvalue weighted by atomic mass is 9.96. The number of nitrogens with one attached hydrogen (secondary N) is 1. The lowest BCUT2D eigenvalue weighted by molar-refractivity contribution is -0.118. The number of aryl methyl sites for hydroxylation is 3. The predicted octanol–water partition coefficient (Wildman–Crippen LogP) is 3.07. The Morgan fingerprint density at radius 2 is 2.03 bits per heavy atom. The fourth-order valence-electron chi connectivity index (χ4n) is 3.54. The second kappa shape index (κ2) is 7.98. The summed E-state index contributed by atoms with van der Waals surface area (Å²) in [5.41, 5.74) is 5.70. The molecule has 0 saturated carbocycles. The number of nitrogens with zero attached hydrogens (tertiary/aromatic N) is 3. The topological polar surface area (TPSA) is 94.3 Å². The molecule has 2 aromatic heterocycles. The molecule has 3 heterocycles. The quantitative estimate of drug-likeness (QED) is 0.650. The summed E-state index contributed by atoms with van der Waals surface area (Å²) in [5, 5.41) is 3.85. The van der Waals surface area contributed by atoms with Crippen molar-refractivity contribution in [3.8, 4) is 11.1 Å². The van der Waals surface area contributed by atoms with Gasteiger partial charge in [0.05, 0.1) is 17.9 Å². The van der Waals surface area contributed by atoms with Gasteiger partial charge in [-0.2, -0.15) is 0 Å². The summed E-state index contributed by atoms with van der Waals surface area (Å²) in [5.74, 6) is 0.698. The normalized spacial score (nSPS) is 14.8. The van der Waals surface area contributed by atoms with Crippen molar-refractivity contribution in [2.75, 3.05) is 11.9 Å². The van der Waals surface area contributed by atoms with Crippen molar-refractivity contribution in [2.24, 2.45) is 0 Å². The molecule has 1 aliphatic rings. The van der Waals surface area contributed by atoms with Crippen molar-refractivity contribution in [3.05, 3.63) is 59.2 Å². The first kappa shape index (κ1) is 19.6. The van der Waals surface area contributed by atoms with Gasteiger partial charge in [-0.15, -0.1) is 4.72 Å². The Bertz CT molecular complexity index is 1050. The molecule has 29 heavy (non-hydrogen) atoms. The van der Waals surface area contributed by atoms with Crippen LogP contribution in [0.2, 0.25) is 0 Å². The van der Waals surface area contributed by atoms with Gasteiger partial charge in [-0.1, -0.05) is 11.2 Å². The SMILES string of the molecule is Cc1noc(C)c1[S+]([O-])NCc1cncc(-c2ccc3c(c2)CCC(=O)N3C)c1. The molecule has 0 saturated heterocycles. The van der Waals surface area contributed by atoms with Crippen LogP contribution in [0.15, 0.2) is 46.1 Å². The van der Waals surface area contributed by atoms with Gasteiger partial charge in [0.25, 0.3) is 0 Å². The zero-order valence-corrected chi connectivity index (χ0v) is 17.4. The van der Waals surface area contributed by atoms with Crippen LogP contribution in [0, 0.1) is 13.8 Å². The van der Waals surface area contributed by atoms with Crippen LogP contribution in [0.1, 0.15) is 29.0 Å². The van der Waals surface area contributed by atoms with Crippen LogP contribution in [0.3, 0.4) is 0 Å². The molecule has 1 aromatic carbocycles. The third-order valence-electron chi connectivity index (χ3n) is 5.11. The number of rotatable bonds is 5. The number of hydrogen-bond acceptors (Lipinski definition) is 6. The molecule has 150 valence electrons. The third-order valence-corrected chi connectivity index (χ3v) is 6.47. The van der Waals surface area contributed by atoms with Crippen LogP contribution in [-0.2, 0) is 29.1 Å². The minimum atomic E-state index is -1.41. The van der Waals surface area contributed by atoms with Crippen molar-refractivity contribution in [2.45, 2.75) is 38.1 Å². The second-order valence-electron chi connectivity index (χ2n) is 7.12. The van der Waals surface area contributed by atoms with E-state index in [4.69, 9.17) is 4.52 Å². The predicted molar refractivity (Wildman–Crippen MR) is 111 cm³/mol. The van der Waals surface area contributed by atoms with E-state index in [2.05, 4.69) is 20.9 Å². The molecule has 0 spiro atoms. The van der Waals surface area contributed by atoms with Gasteiger partial charge < -0.3 is 14.0 Å². The fraction of sp³-hybridized carbons (Fsp3) is 0.286. The number of pyridine rings is 1. The number of benzene rings is 1. The lowest BCUT2D eigenvalue weighted by Gasteiger charge is -2.26. The molecule has 1 atom stereocenters. The smallest absolute Gasteiger partial charge is 0.238 e. The molecule has 0 fully saturated rings. The summed E-state index contributed by atoms with van der Waals surface area (Å²) in [6, 6.07) is 8.14. The first-order chi connectivity index (χ1) is 13.9. The molecule has 1 amide bonds. The average molecular weight is 410 g/mol. The molecule has 7 nitrogen and oxygen atoms in total. The molecule has 1 unspecified atom stereocenters. The van der Waals surface area contributed by atoms with E-state index in [-0.39, 0.29) is 5.91 Å². The van der Waals surface area contributed by atoms with Crippen LogP contribution in [0.4, 0.5) is 5.69 Å². The summed E-state index contributed by atoms with van der Waals surface area (Å²) in [7, 11) is 1.81. The van der Waals surface area contributed by atoms with Gasteiger partial charge in [0.2, 0.25) is 10.8 Å². The van der Waals surface area contributed by atoms with E-state index in [9.17, 15) is 9.35 Å². The van der Waals surface area contributed by atoms with Crippen molar-refractivity contribution >= 4 is 23.0 Å². The van der Waals surface area contributed by atoms with Crippen LogP contribution >= 0.6 is 0 Å². The third kappa shape index (κ3) is 3.91. The van der Waals surface area contributed by atoms with Gasteiger partial charge >= 0.3 is 0 Å². The molecule has 0 radical (unpaired) electrons. The molecular weight excluding hydrogens is 388 g/mol. The molecule has 1 N–H and O–H groups in total. The van der Waals surface area contributed by atoms with Crippen molar-refractivity contribution < 1.29 is 13.9 Å². The van der Waals surface area contributed by atoms with Gasteiger partial charge in [0, 0.05) is 44.0 Å². The summed E-state index contributed by atoms with van der Waals surface area (Å²) in [4.78, 5) is 18.5.